The molecule has 0 radical (unpaired) electrons. The van der Waals surface area contributed by atoms with Gasteiger partial charge in [0.25, 0.3) is 0 Å². The lowest BCUT2D eigenvalue weighted by molar-refractivity contribution is 0.1000. The van der Waals surface area contributed by atoms with E-state index in [2.05, 4.69) is 0 Å². The van der Waals surface area contributed by atoms with Crippen molar-refractivity contribution in [2.24, 2.45) is 5.73 Å². The Morgan fingerprint density at radius 2 is 1.25 bits per heavy atom. The number of ether oxygens (including phenoxy) is 3. The number of amides is 1. The minimum absolute atomic E-state index is 0.309. The van der Waals surface area contributed by atoms with Crippen LogP contribution in [0.25, 0.3) is 5.57 Å². The Balaban J connectivity index is 1.75. The monoisotopic (exact) mass is 497 g/mol. The Morgan fingerprint density at radius 1 is 0.722 bits per heavy atom. The van der Waals surface area contributed by atoms with Crippen LogP contribution in [-0.4, -0.2) is 13.0 Å². The molecule has 4 aromatic carbocycles. The van der Waals surface area contributed by atoms with E-state index in [0.29, 0.717) is 39.0 Å². The molecular formula is C30H24ClNO4. The number of carbonyl (C=O) groups excluding carboxylic acids is 1. The minimum Gasteiger partial charge on any atom is -0.497 e. The van der Waals surface area contributed by atoms with Crippen molar-refractivity contribution in [1.82, 2.24) is 0 Å². The van der Waals surface area contributed by atoms with E-state index >= 15 is 0 Å². The number of halogens is 1. The third-order valence-corrected chi connectivity index (χ3v) is 6.49. The summed E-state index contributed by atoms with van der Waals surface area (Å²) in [7, 11) is 1.56. The fourth-order valence-electron chi connectivity index (χ4n) is 4.41. The first kappa shape index (κ1) is 23.5. The van der Waals surface area contributed by atoms with Crippen LogP contribution in [0.1, 0.15) is 39.3 Å². The Kier molecular flexibility index (Phi) is 6.65. The third-order valence-electron chi connectivity index (χ3n) is 6.09. The first-order chi connectivity index (χ1) is 17.6. The smallest absolute Gasteiger partial charge is 0.249 e. The van der Waals surface area contributed by atoms with Gasteiger partial charge in [-0.2, -0.15) is 0 Å². The van der Waals surface area contributed by atoms with Gasteiger partial charge in [-0.25, -0.2) is 0 Å². The van der Waals surface area contributed by atoms with Gasteiger partial charge in [-0.15, -0.1) is 0 Å². The third kappa shape index (κ3) is 4.53. The van der Waals surface area contributed by atoms with E-state index in [1.165, 1.54) is 0 Å². The van der Waals surface area contributed by atoms with Crippen molar-refractivity contribution in [3.05, 3.63) is 130 Å². The van der Waals surface area contributed by atoms with Gasteiger partial charge in [0.2, 0.25) is 5.91 Å². The second-order valence-corrected chi connectivity index (χ2v) is 8.70. The molecule has 36 heavy (non-hydrogen) atoms. The zero-order valence-electron chi connectivity index (χ0n) is 19.6. The number of carbonyl (C=O) groups is 1. The Labute approximate surface area is 214 Å². The molecule has 180 valence electrons. The summed E-state index contributed by atoms with van der Waals surface area (Å²) in [4.78, 5) is 12.5. The molecule has 0 spiro atoms. The molecule has 4 aromatic rings. The molecule has 1 aliphatic carbocycles. The largest absolute Gasteiger partial charge is 0.497 e. The molecule has 0 aliphatic heterocycles. The van der Waals surface area contributed by atoms with E-state index in [0.717, 1.165) is 11.1 Å². The first-order valence-corrected chi connectivity index (χ1v) is 11.8. The van der Waals surface area contributed by atoms with Crippen LogP contribution >= 0.6 is 11.6 Å². The molecule has 0 fully saturated rings. The standard InChI is InChI=1S/C30H24ClNO4/c1-34-21-16-17-24(30(32)33)25(18-21)26-27(31)29(36-20-12-6-3-7-13-20)23-15-9-8-14-22(23)28(26)35-19-10-4-2-5-11-19/h2-18,28-29H,1H3,(H2,32,33). The fraction of sp³-hybridized carbons (Fsp3) is 0.100. The highest BCUT2D eigenvalue weighted by Crippen LogP contribution is 2.50. The molecule has 5 nitrogen and oxygen atoms in total. The van der Waals surface area contributed by atoms with Gasteiger partial charge in [0.05, 0.1) is 12.1 Å². The summed E-state index contributed by atoms with van der Waals surface area (Å²) in [5.41, 5.74) is 8.97. The van der Waals surface area contributed by atoms with E-state index in [1.807, 2.05) is 84.9 Å². The average molecular weight is 498 g/mol. The van der Waals surface area contributed by atoms with E-state index in [-0.39, 0.29) is 0 Å². The summed E-state index contributed by atoms with van der Waals surface area (Å²) in [5.74, 6) is 1.30. The number of benzene rings is 4. The first-order valence-electron chi connectivity index (χ1n) is 11.5. The number of fused-ring (bicyclic) bond motifs is 1. The summed E-state index contributed by atoms with van der Waals surface area (Å²) >= 11 is 7.18. The molecule has 0 bridgehead atoms. The van der Waals surface area contributed by atoms with Gasteiger partial charge in [0, 0.05) is 22.3 Å². The maximum absolute atomic E-state index is 12.5. The van der Waals surface area contributed by atoms with Gasteiger partial charge in [-0.3, -0.25) is 4.79 Å². The van der Waals surface area contributed by atoms with Gasteiger partial charge in [0.1, 0.15) is 17.2 Å². The Morgan fingerprint density at radius 3 is 1.81 bits per heavy atom. The van der Waals surface area contributed by atoms with Crippen molar-refractivity contribution in [3.8, 4) is 17.2 Å². The molecule has 6 heteroatoms. The maximum Gasteiger partial charge on any atom is 0.249 e. The normalized spacial score (nSPS) is 16.7. The van der Waals surface area contributed by atoms with Crippen molar-refractivity contribution in [2.45, 2.75) is 12.2 Å². The molecular weight excluding hydrogens is 474 g/mol. The zero-order chi connectivity index (χ0) is 25.1. The molecule has 1 amide bonds. The predicted molar refractivity (Wildman–Crippen MR) is 140 cm³/mol. The lowest BCUT2D eigenvalue weighted by Crippen LogP contribution is -2.25. The number of hydrogen-bond donors (Lipinski definition) is 1. The minimum atomic E-state index is -0.628. The van der Waals surface area contributed by atoms with Gasteiger partial charge in [0.15, 0.2) is 12.2 Å². The van der Waals surface area contributed by atoms with E-state index in [1.54, 1.807) is 25.3 Å². The van der Waals surface area contributed by atoms with Crippen molar-refractivity contribution >= 4 is 23.1 Å². The molecule has 0 saturated heterocycles. The molecule has 5 rings (SSSR count). The van der Waals surface area contributed by atoms with Crippen molar-refractivity contribution in [1.29, 1.82) is 0 Å². The SMILES string of the molecule is COc1ccc(C(N)=O)c(C2=C(Cl)C(Oc3ccccc3)c3ccccc3C2Oc2ccccc2)c1. The molecule has 0 aromatic heterocycles. The highest BCUT2D eigenvalue weighted by atomic mass is 35.5. The molecule has 0 heterocycles. The Bertz CT molecular complexity index is 1420. The maximum atomic E-state index is 12.5. The molecule has 0 saturated carbocycles. The van der Waals surface area contributed by atoms with E-state index in [4.69, 9.17) is 31.5 Å². The van der Waals surface area contributed by atoms with Crippen molar-refractivity contribution in [3.63, 3.8) is 0 Å². The summed E-state index contributed by atoms with van der Waals surface area (Å²) in [6, 6.07) is 31.9. The number of para-hydroxylation sites is 2. The zero-order valence-corrected chi connectivity index (χ0v) is 20.3. The van der Waals surface area contributed by atoms with Crippen molar-refractivity contribution < 1.29 is 19.0 Å². The number of methoxy groups -OCH3 is 1. The van der Waals surface area contributed by atoms with Gasteiger partial charge in [-0.1, -0.05) is 72.3 Å². The van der Waals surface area contributed by atoms with Crippen LogP contribution in [0.3, 0.4) is 0 Å². The average Bonchev–Trinajstić information content (AvgIpc) is 2.92. The molecule has 2 atom stereocenters. The lowest BCUT2D eigenvalue weighted by Gasteiger charge is -2.35. The summed E-state index contributed by atoms with van der Waals surface area (Å²) in [5, 5.41) is 0.397. The van der Waals surface area contributed by atoms with Crippen LogP contribution in [0, 0.1) is 0 Å². The van der Waals surface area contributed by atoms with Crippen LogP contribution in [0.15, 0.2) is 108 Å². The summed E-state index contributed by atoms with van der Waals surface area (Å²) in [6.45, 7) is 0. The van der Waals surface area contributed by atoms with Crippen LogP contribution in [0.2, 0.25) is 0 Å². The second kappa shape index (κ2) is 10.2. The van der Waals surface area contributed by atoms with E-state index < -0.39 is 18.1 Å². The summed E-state index contributed by atoms with van der Waals surface area (Å²) < 4.78 is 18.4. The van der Waals surface area contributed by atoms with Gasteiger partial charge in [-0.05, 0) is 48.0 Å². The van der Waals surface area contributed by atoms with Crippen LogP contribution in [-0.2, 0) is 0 Å². The number of primary amides is 1. The van der Waals surface area contributed by atoms with Gasteiger partial charge < -0.3 is 19.9 Å². The summed E-state index contributed by atoms with van der Waals surface area (Å²) in [6.07, 6.45) is -1.25. The predicted octanol–water partition coefficient (Wildman–Crippen LogP) is 6.70. The highest BCUT2D eigenvalue weighted by molar-refractivity contribution is 6.34. The van der Waals surface area contributed by atoms with Crippen molar-refractivity contribution in [2.75, 3.05) is 7.11 Å². The fourth-order valence-corrected chi connectivity index (χ4v) is 4.78. The number of rotatable bonds is 7. The number of nitrogens with two attached hydrogens (primary N) is 1. The van der Waals surface area contributed by atoms with Crippen LogP contribution < -0.4 is 19.9 Å². The van der Waals surface area contributed by atoms with Crippen LogP contribution in [0.4, 0.5) is 0 Å². The quantitative estimate of drug-likeness (QED) is 0.308. The molecule has 2 N–H and O–H groups in total. The molecule has 2 unspecified atom stereocenters. The topological polar surface area (TPSA) is 70.8 Å². The van der Waals surface area contributed by atoms with Crippen LogP contribution in [0.5, 0.6) is 17.2 Å². The lowest BCUT2D eigenvalue weighted by atomic mass is 9.82. The number of hydrogen-bond acceptors (Lipinski definition) is 4. The second-order valence-electron chi connectivity index (χ2n) is 8.29. The Hall–Kier alpha value is -4.22. The molecule has 1 aliphatic rings. The van der Waals surface area contributed by atoms with E-state index in [9.17, 15) is 4.79 Å². The van der Waals surface area contributed by atoms with Gasteiger partial charge >= 0.3 is 0 Å². The highest BCUT2D eigenvalue weighted by Gasteiger charge is 2.38.